The van der Waals surface area contributed by atoms with Gasteiger partial charge < -0.3 is 10.1 Å². The predicted molar refractivity (Wildman–Crippen MR) is 103 cm³/mol. The van der Waals surface area contributed by atoms with E-state index in [0.717, 1.165) is 31.7 Å². The molecule has 0 bridgehead atoms. The summed E-state index contributed by atoms with van der Waals surface area (Å²) in [6, 6.07) is 17.3. The van der Waals surface area contributed by atoms with Crippen molar-refractivity contribution in [3.8, 4) is 5.75 Å². The van der Waals surface area contributed by atoms with Crippen LogP contribution in [0.25, 0.3) is 21.0 Å². The van der Waals surface area contributed by atoms with Crippen LogP contribution in [0.4, 0.5) is 5.69 Å². The van der Waals surface area contributed by atoms with Gasteiger partial charge in [-0.1, -0.05) is 24.3 Å². The standard InChI is InChI=1S/C20H16N2O2S/c1-12-21-17-10-14(7-8-19(17)25-12)20(23)22-15-9-13-5-3-4-6-16(13)18(11-15)24-2/h3-11H,1-2H3,(H,22,23). The number of fused-ring (bicyclic) bond motifs is 2. The summed E-state index contributed by atoms with van der Waals surface area (Å²) < 4.78 is 6.54. The Balaban J connectivity index is 1.68. The van der Waals surface area contributed by atoms with Crippen LogP contribution in [0, 0.1) is 6.92 Å². The summed E-state index contributed by atoms with van der Waals surface area (Å²) in [6.07, 6.45) is 0. The van der Waals surface area contributed by atoms with Gasteiger partial charge in [0.25, 0.3) is 5.91 Å². The molecule has 3 aromatic carbocycles. The summed E-state index contributed by atoms with van der Waals surface area (Å²) in [7, 11) is 1.63. The average molecular weight is 348 g/mol. The second-order valence-corrected chi connectivity index (χ2v) is 7.00. The molecule has 1 heterocycles. The molecule has 0 aliphatic rings. The van der Waals surface area contributed by atoms with Gasteiger partial charge in [0, 0.05) is 22.7 Å². The number of ether oxygens (including phenoxy) is 1. The molecule has 25 heavy (non-hydrogen) atoms. The van der Waals surface area contributed by atoms with Crippen molar-refractivity contribution in [1.29, 1.82) is 0 Å². The number of nitrogens with zero attached hydrogens (tertiary/aromatic N) is 1. The van der Waals surface area contributed by atoms with Crippen molar-refractivity contribution in [3.63, 3.8) is 0 Å². The van der Waals surface area contributed by atoms with Gasteiger partial charge in [-0.25, -0.2) is 4.98 Å². The van der Waals surface area contributed by atoms with E-state index in [-0.39, 0.29) is 5.91 Å². The molecule has 1 N–H and O–H groups in total. The van der Waals surface area contributed by atoms with Gasteiger partial charge in [0.1, 0.15) is 5.75 Å². The number of carbonyl (C=O) groups excluding carboxylic acids is 1. The van der Waals surface area contributed by atoms with Gasteiger partial charge in [-0.15, -0.1) is 11.3 Å². The van der Waals surface area contributed by atoms with Crippen LogP contribution in [0.3, 0.4) is 0 Å². The predicted octanol–water partition coefficient (Wildman–Crippen LogP) is 5.02. The molecule has 4 aromatic rings. The molecule has 4 rings (SSSR count). The molecule has 5 heteroatoms. The fourth-order valence-electron chi connectivity index (χ4n) is 2.90. The lowest BCUT2D eigenvalue weighted by molar-refractivity contribution is 0.102. The average Bonchev–Trinajstić information content (AvgIpc) is 3.00. The SMILES string of the molecule is COc1cc(NC(=O)c2ccc3sc(C)nc3c2)cc2ccccc12. The van der Waals surface area contributed by atoms with Crippen LogP contribution in [0.15, 0.2) is 54.6 Å². The van der Waals surface area contributed by atoms with E-state index in [9.17, 15) is 4.79 Å². The smallest absolute Gasteiger partial charge is 0.255 e. The van der Waals surface area contributed by atoms with E-state index < -0.39 is 0 Å². The lowest BCUT2D eigenvalue weighted by atomic mass is 10.1. The van der Waals surface area contributed by atoms with Gasteiger partial charge >= 0.3 is 0 Å². The third kappa shape index (κ3) is 2.94. The Hall–Kier alpha value is -2.92. The number of aromatic nitrogens is 1. The Bertz CT molecular complexity index is 1100. The number of nitrogens with one attached hydrogen (secondary N) is 1. The number of rotatable bonds is 3. The molecule has 0 radical (unpaired) electrons. The van der Waals surface area contributed by atoms with Gasteiger partial charge in [-0.05, 0) is 36.6 Å². The Morgan fingerprint density at radius 1 is 1.12 bits per heavy atom. The number of amides is 1. The second-order valence-electron chi connectivity index (χ2n) is 5.77. The van der Waals surface area contributed by atoms with Crippen LogP contribution < -0.4 is 10.1 Å². The first-order valence-electron chi connectivity index (χ1n) is 7.89. The van der Waals surface area contributed by atoms with Gasteiger partial charge in [-0.3, -0.25) is 4.79 Å². The number of benzene rings is 3. The summed E-state index contributed by atoms with van der Waals surface area (Å²) >= 11 is 1.62. The fraction of sp³-hybridized carbons (Fsp3) is 0.100. The quantitative estimate of drug-likeness (QED) is 0.566. The Kier molecular flexibility index (Phi) is 3.86. The van der Waals surface area contributed by atoms with E-state index in [1.54, 1.807) is 18.4 Å². The number of methoxy groups -OCH3 is 1. The van der Waals surface area contributed by atoms with Crippen LogP contribution in [-0.2, 0) is 0 Å². The minimum absolute atomic E-state index is 0.162. The maximum Gasteiger partial charge on any atom is 0.255 e. The highest BCUT2D eigenvalue weighted by Crippen LogP contribution is 2.30. The molecule has 0 spiro atoms. The van der Waals surface area contributed by atoms with Crippen molar-refractivity contribution in [2.45, 2.75) is 6.92 Å². The molecule has 0 saturated heterocycles. The van der Waals surface area contributed by atoms with Crippen molar-refractivity contribution in [1.82, 2.24) is 4.98 Å². The number of aryl methyl sites for hydroxylation is 1. The highest BCUT2D eigenvalue weighted by molar-refractivity contribution is 7.18. The molecular weight excluding hydrogens is 332 g/mol. The summed E-state index contributed by atoms with van der Waals surface area (Å²) in [5.41, 5.74) is 2.14. The van der Waals surface area contributed by atoms with E-state index in [4.69, 9.17) is 4.74 Å². The molecule has 124 valence electrons. The van der Waals surface area contributed by atoms with Crippen LogP contribution in [0.2, 0.25) is 0 Å². The number of hydrogen-bond donors (Lipinski definition) is 1. The minimum Gasteiger partial charge on any atom is -0.496 e. The third-order valence-corrected chi connectivity index (χ3v) is 5.01. The first-order valence-corrected chi connectivity index (χ1v) is 8.71. The van der Waals surface area contributed by atoms with Crippen LogP contribution in [0.5, 0.6) is 5.75 Å². The molecule has 1 amide bonds. The summed E-state index contributed by atoms with van der Waals surface area (Å²) in [4.78, 5) is 17.1. The normalized spacial score (nSPS) is 11.0. The number of anilines is 1. The summed E-state index contributed by atoms with van der Waals surface area (Å²) in [5, 5.41) is 5.98. The molecule has 0 aliphatic heterocycles. The molecule has 0 atom stereocenters. The Labute approximate surface area is 149 Å². The van der Waals surface area contributed by atoms with Gasteiger partial charge in [-0.2, -0.15) is 0 Å². The molecule has 0 saturated carbocycles. The van der Waals surface area contributed by atoms with E-state index in [1.165, 1.54) is 0 Å². The van der Waals surface area contributed by atoms with Gasteiger partial charge in [0.2, 0.25) is 0 Å². The summed E-state index contributed by atoms with van der Waals surface area (Å²) in [6.45, 7) is 1.96. The molecule has 0 aliphatic carbocycles. The van der Waals surface area contributed by atoms with Crippen molar-refractivity contribution in [2.75, 3.05) is 12.4 Å². The second kappa shape index (κ2) is 6.18. The van der Waals surface area contributed by atoms with Crippen molar-refractivity contribution >= 4 is 43.9 Å². The minimum atomic E-state index is -0.162. The van der Waals surface area contributed by atoms with Crippen LogP contribution in [0.1, 0.15) is 15.4 Å². The number of carbonyl (C=O) groups is 1. The number of hydrogen-bond acceptors (Lipinski definition) is 4. The lowest BCUT2D eigenvalue weighted by Crippen LogP contribution is -2.11. The maximum atomic E-state index is 12.6. The topological polar surface area (TPSA) is 51.2 Å². The van der Waals surface area contributed by atoms with E-state index >= 15 is 0 Å². The molecule has 0 unspecified atom stereocenters. The molecule has 4 nitrogen and oxygen atoms in total. The van der Waals surface area contributed by atoms with Crippen molar-refractivity contribution < 1.29 is 9.53 Å². The molecule has 0 fully saturated rings. The Morgan fingerprint density at radius 2 is 1.96 bits per heavy atom. The highest BCUT2D eigenvalue weighted by atomic mass is 32.1. The summed E-state index contributed by atoms with van der Waals surface area (Å²) in [5.74, 6) is 0.573. The van der Waals surface area contributed by atoms with Crippen LogP contribution in [-0.4, -0.2) is 18.0 Å². The van der Waals surface area contributed by atoms with Crippen molar-refractivity contribution in [2.24, 2.45) is 0 Å². The molecule has 1 aromatic heterocycles. The largest absolute Gasteiger partial charge is 0.496 e. The van der Waals surface area contributed by atoms with E-state index in [2.05, 4.69) is 10.3 Å². The fourth-order valence-corrected chi connectivity index (χ4v) is 3.71. The van der Waals surface area contributed by atoms with Gasteiger partial charge in [0.15, 0.2) is 0 Å². The van der Waals surface area contributed by atoms with E-state index in [1.807, 2.05) is 61.5 Å². The zero-order valence-corrected chi connectivity index (χ0v) is 14.7. The maximum absolute atomic E-state index is 12.6. The van der Waals surface area contributed by atoms with E-state index in [0.29, 0.717) is 11.3 Å². The van der Waals surface area contributed by atoms with Gasteiger partial charge in [0.05, 0.1) is 22.3 Å². The number of thiazole rings is 1. The third-order valence-electron chi connectivity index (χ3n) is 4.06. The van der Waals surface area contributed by atoms with Crippen molar-refractivity contribution in [3.05, 3.63) is 65.2 Å². The lowest BCUT2D eigenvalue weighted by Gasteiger charge is -2.10. The highest BCUT2D eigenvalue weighted by Gasteiger charge is 2.11. The zero-order valence-electron chi connectivity index (χ0n) is 13.9. The monoisotopic (exact) mass is 348 g/mol. The first kappa shape index (κ1) is 15.6. The molecular formula is C20H16N2O2S. The van der Waals surface area contributed by atoms with Crippen LogP contribution >= 0.6 is 11.3 Å². The zero-order chi connectivity index (χ0) is 17.4. The Morgan fingerprint density at radius 3 is 2.80 bits per heavy atom. The first-order chi connectivity index (χ1) is 12.1.